The van der Waals surface area contributed by atoms with E-state index in [1.807, 2.05) is 0 Å². The molecule has 0 spiro atoms. The molecule has 1 aromatic carbocycles. The minimum atomic E-state index is -0.430. The van der Waals surface area contributed by atoms with Crippen LogP contribution in [0.25, 0.3) is 0 Å². The smallest absolute Gasteiger partial charge is 0.124 e. The maximum atomic E-state index is 12.8. The Bertz CT molecular complexity index is 364. The van der Waals surface area contributed by atoms with Crippen molar-refractivity contribution >= 4 is 6.21 Å². The average Bonchev–Trinajstić information content (AvgIpc) is 2.23. The van der Waals surface area contributed by atoms with Gasteiger partial charge in [0.1, 0.15) is 18.2 Å². The van der Waals surface area contributed by atoms with E-state index >= 15 is 0 Å². The molecule has 0 saturated carbocycles. The third kappa shape index (κ3) is 3.81. The molecule has 1 N–H and O–H groups in total. The fourth-order valence-electron chi connectivity index (χ4n) is 0.912. The van der Waals surface area contributed by atoms with Crippen LogP contribution in [0, 0.1) is 5.82 Å². The molecule has 0 fully saturated rings. The van der Waals surface area contributed by atoms with E-state index < -0.39 is 5.82 Å². The number of phenolic OH excluding ortho intramolecular Hbond substituents is 1. The number of hydrogen-bond acceptors (Lipinski definition) is 3. The van der Waals surface area contributed by atoms with Crippen molar-refractivity contribution in [3.8, 4) is 5.75 Å². The molecule has 0 aliphatic carbocycles. The van der Waals surface area contributed by atoms with Gasteiger partial charge in [0.15, 0.2) is 0 Å². The van der Waals surface area contributed by atoms with Crippen molar-refractivity contribution in [3.05, 3.63) is 42.2 Å². The fourth-order valence-corrected chi connectivity index (χ4v) is 0.912. The molecule has 3 nitrogen and oxygen atoms in total. The monoisotopic (exact) mass is 209 g/mol. The summed E-state index contributed by atoms with van der Waals surface area (Å²) < 4.78 is 12.8. The lowest BCUT2D eigenvalue weighted by atomic mass is 10.2. The third-order valence-corrected chi connectivity index (χ3v) is 1.67. The molecule has 80 valence electrons. The van der Waals surface area contributed by atoms with Crippen LogP contribution < -0.4 is 0 Å². The number of oxime groups is 1. The summed E-state index contributed by atoms with van der Waals surface area (Å²) in [4.78, 5) is 4.84. The maximum Gasteiger partial charge on any atom is 0.124 e. The van der Waals surface area contributed by atoms with Crippen molar-refractivity contribution in [1.82, 2.24) is 0 Å². The van der Waals surface area contributed by atoms with Crippen LogP contribution in [0.4, 0.5) is 4.39 Å². The van der Waals surface area contributed by atoms with E-state index in [-0.39, 0.29) is 11.3 Å². The van der Waals surface area contributed by atoms with Crippen LogP contribution in [0.15, 0.2) is 36.0 Å². The molecule has 1 rings (SSSR count). The standard InChI is InChI=1S/C11H12FNO2/c1-2-3-6-15-13-8-9-7-10(12)4-5-11(9)14/h2,4-5,7-8,14H,1,3,6H2. The zero-order chi connectivity index (χ0) is 11.1. The predicted molar refractivity (Wildman–Crippen MR) is 56.4 cm³/mol. The van der Waals surface area contributed by atoms with Gasteiger partial charge >= 0.3 is 0 Å². The van der Waals surface area contributed by atoms with E-state index in [9.17, 15) is 9.50 Å². The first-order valence-electron chi connectivity index (χ1n) is 4.49. The summed E-state index contributed by atoms with van der Waals surface area (Å²) in [5.74, 6) is -0.465. The van der Waals surface area contributed by atoms with Crippen LogP contribution in [0.3, 0.4) is 0 Å². The van der Waals surface area contributed by atoms with Crippen molar-refractivity contribution < 1.29 is 14.3 Å². The lowest BCUT2D eigenvalue weighted by molar-refractivity contribution is 0.151. The lowest BCUT2D eigenvalue weighted by Crippen LogP contribution is -1.88. The van der Waals surface area contributed by atoms with Gasteiger partial charge in [0, 0.05) is 12.0 Å². The van der Waals surface area contributed by atoms with E-state index in [2.05, 4.69) is 11.7 Å². The molecular weight excluding hydrogens is 197 g/mol. The number of rotatable bonds is 5. The quantitative estimate of drug-likeness (QED) is 0.350. The zero-order valence-electron chi connectivity index (χ0n) is 8.19. The van der Waals surface area contributed by atoms with Gasteiger partial charge in [-0.2, -0.15) is 0 Å². The number of phenols is 1. The van der Waals surface area contributed by atoms with E-state index in [1.165, 1.54) is 24.4 Å². The third-order valence-electron chi connectivity index (χ3n) is 1.67. The van der Waals surface area contributed by atoms with Crippen LogP contribution in [0.1, 0.15) is 12.0 Å². The molecule has 0 atom stereocenters. The molecule has 0 aromatic heterocycles. The van der Waals surface area contributed by atoms with Gasteiger partial charge in [-0.05, 0) is 18.2 Å². The molecule has 0 radical (unpaired) electrons. The first-order chi connectivity index (χ1) is 7.24. The van der Waals surface area contributed by atoms with E-state index in [1.54, 1.807) is 6.08 Å². The van der Waals surface area contributed by atoms with Crippen LogP contribution in [-0.4, -0.2) is 17.9 Å². The van der Waals surface area contributed by atoms with Crippen LogP contribution in [0.2, 0.25) is 0 Å². The Morgan fingerprint density at radius 1 is 1.53 bits per heavy atom. The Morgan fingerprint density at radius 2 is 2.33 bits per heavy atom. The summed E-state index contributed by atoms with van der Waals surface area (Å²) in [6.45, 7) is 3.93. The van der Waals surface area contributed by atoms with Crippen LogP contribution in [-0.2, 0) is 4.84 Å². The number of hydrogen-bond donors (Lipinski definition) is 1. The summed E-state index contributed by atoms with van der Waals surface area (Å²) in [6.07, 6.45) is 3.66. The Balaban J connectivity index is 2.55. The summed E-state index contributed by atoms with van der Waals surface area (Å²) in [6, 6.07) is 3.61. The molecule has 0 bridgehead atoms. The lowest BCUT2D eigenvalue weighted by Gasteiger charge is -1.98. The molecule has 0 aliphatic rings. The average molecular weight is 209 g/mol. The van der Waals surface area contributed by atoms with Gasteiger partial charge in [-0.25, -0.2) is 4.39 Å². The molecule has 4 heteroatoms. The Morgan fingerprint density at radius 3 is 3.07 bits per heavy atom. The highest BCUT2D eigenvalue weighted by Crippen LogP contribution is 2.15. The number of aromatic hydroxyl groups is 1. The number of nitrogens with zero attached hydrogens (tertiary/aromatic N) is 1. The maximum absolute atomic E-state index is 12.8. The highest BCUT2D eigenvalue weighted by molar-refractivity contribution is 5.82. The van der Waals surface area contributed by atoms with Gasteiger partial charge in [-0.1, -0.05) is 11.2 Å². The highest BCUT2D eigenvalue weighted by atomic mass is 19.1. The van der Waals surface area contributed by atoms with E-state index in [4.69, 9.17) is 4.84 Å². The van der Waals surface area contributed by atoms with Crippen molar-refractivity contribution in [2.75, 3.05) is 6.61 Å². The molecule has 0 unspecified atom stereocenters. The van der Waals surface area contributed by atoms with Gasteiger partial charge < -0.3 is 9.94 Å². The van der Waals surface area contributed by atoms with E-state index in [0.717, 1.165) is 0 Å². The second kappa shape index (κ2) is 5.80. The summed E-state index contributed by atoms with van der Waals surface area (Å²) in [5, 5.41) is 12.9. The van der Waals surface area contributed by atoms with Crippen molar-refractivity contribution in [1.29, 1.82) is 0 Å². The summed E-state index contributed by atoms with van der Waals surface area (Å²) in [7, 11) is 0. The second-order valence-corrected chi connectivity index (χ2v) is 2.85. The molecule has 1 aromatic rings. The van der Waals surface area contributed by atoms with Crippen LogP contribution >= 0.6 is 0 Å². The Kier molecular flexibility index (Phi) is 4.34. The van der Waals surface area contributed by atoms with Gasteiger partial charge in [-0.15, -0.1) is 6.58 Å². The van der Waals surface area contributed by atoms with Crippen molar-refractivity contribution in [2.24, 2.45) is 5.16 Å². The van der Waals surface area contributed by atoms with Crippen LogP contribution in [0.5, 0.6) is 5.75 Å². The molecule has 0 aliphatic heterocycles. The van der Waals surface area contributed by atoms with Gasteiger partial charge in [-0.3, -0.25) is 0 Å². The summed E-state index contributed by atoms with van der Waals surface area (Å²) in [5.41, 5.74) is 0.286. The molecule has 0 amide bonds. The minimum Gasteiger partial charge on any atom is -0.507 e. The number of benzene rings is 1. The zero-order valence-corrected chi connectivity index (χ0v) is 8.19. The molecule has 0 heterocycles. The van der Waals surface area contributed by atoms with Gasteiger partial charge in [0.25, 0.3) is 0 Å². The van der Waals surface area contributed by atoms with E-state index in [0.29, 0.717) is 13.0 Å². The molecule has 0 saturated heterocycles. The predicted octanol–water partition coefficient (Wildman–Crippen LogP) is 2.46. The first kappa shape index (κ1) is 11.2. The second-order valence-electron chi connectivity index (χ2n) is 2.85. The largest absolute Gasteiger partial charge is 0.507 e. The Hall–Kier alpha value is -1.84. The van der Waals surface area contributed by atoms with Crippen molar-refractivity contribution in [2.45, 2.75) is 6.42 Å². The van der Waals surface area contributed by atoms with Crippen molar-refractivity contribution in [3.63, 3.8) is 0 Å². The minimum absolute atomic E-state index is 0.0347. The topological polar surface area (TPSA) is 41.8 Å². The molecular formula is C11H12FNO2. The molecule has 15 heavy (non-hydrogen) atoms. The highest BCUT2D eigenvalue weighted by Gasteiger charge is 1.99. The number of halogens is 1. The Labute approximate surface area is 87.5 Å². The normalized spacial score (nSPS) is 10.5. The summed E-state index contributed by atoms with van der Waals surface area (Å²) >= 11 is 0. The SMILES string of the molecule is C=CCCON=Cc1cc(F)ccc1O. The fraction of sp³-hybridized carbons (Fsp3) is 0.182. The van der Waals surface area contributed by atoms with Gasteiger partial charge in [0.05, 0.1) is 6.21 Å². The van der Waals surface area contributed by atoms with Gasteiger partial charge in [0.2, 0.25) is 0 Å². The first-order valence-corrected chi connectivity index (χ1v) is 4.49.